The Morgan fingerprint density at radius 3 is 2.88 bits per heavy atom. The van der Waals surface area contributed by atoms with E-state index >= 15 is 0 Å². The molecule has 1 N–H and O–H groups in total. The van der Waals surface area contributed by atoms with Crippen LogP contribution in [0, 0.1) is 0 Å². The summed E-state index contributed by atoms with van der Waals surface area (Å²) < 4.78 is 2.78. The molecule has 3 nitrogen and oxygen atoms in total. The van der Waals surface area contributed by atoms with E-state index in [-0.39, 0.29) is 12.5 Å². The molecular formula is C12H13BrN2O. The summed E-state index contributed by atoms with van der Waals surface area (Å²) in [7, 11) is 0. The van der Waals surface area contributed by atoms with Gasteiger partial charge in [0, 0.05) is 29.4 Å². The van der Waals surface area contributed by atoms with Gasteiger partial charge in [0.2, 0.25) is 0 Å². The van der Waals surface area contributed by atoms with Crippen molar-refractivity contribution in [1.29, 1.82) is 0 Å². The van der Waals surface area contributed by atoms with Crippen LogP contribution in [0.4, 0.5) is 0 Å². The summed E-state index contributed by atoms with van der Waals surface area (Å²) in [4.78, 5) is 0. The minimum Gasteiger partial charge on any atom is -0.396 e. The van der Waals surface area contributed by atoms with Crippen LogP contribution in [0.25, 0.3) is 5.69 Å². The van der Waals surface area contributed by atoms with Gasteiger partial charge in [-0.05, 0) is 39.7 Å². The maximum absolute atomic E-state index is 9.10. The molecule has 1 unspecified atom stereocenters. The Bertz CT molecular complexity index is 468. The third kappa shape index (κ3) is 2.18. The van der Waals surface area contributed by atoms with E-state index in [0.29, 0.717) is 0 Å². The lowest BCUT2D eigenvalue weighted by atomic mass is 10.0. The molecule has 16 heavy (non-hydrogen) atoms. The van der Waals surface area contributed by atoms with Gasteiger partial charge in [-0.2, -0.15) is 5.10 Å². The standard InChI is InChI=1S/C12H13BrN2O/c1-9(8-16)10-3-4-12(11(13)7-10)15-6-2-5-14-15/h2-7,9,16H,8H2,1H3. The van der Waals surface area contributed by atoms with E-state index in [0.717, 1.165) is 15.7 Å². The van der Waals surface area contributed by atoms with Crippen LogP contribution in [0.15, 0.2) is 41.1 Å². The van der Waals surface area contributed by atoms with Crippen LogP contribution < -0.4 is 0 Å². The molecule has 0 saturated heterocycles. The van der Waals surface area contributed by atoms with Crippen LogP contribution in [0.5, 0.6) is 0 Å². The second-order valence-electron chi connectivity index (χ2n) is 3.75. The summed E-state index contributed by atoms with van der Waals surface area (Å²) in [6.07, 6.45) is 3.64. The van der Waals surface area contributed by atoms with Gasteiger partial charge in [0.1, 0.15) is 0 Å². The average Bonchev–Trinajstić information content (AvgIpc) is 2.81. The lowest BCUT2D eigenvalue weighted by molar-refractivity contribution is 0.273. The normalized spacial score (nSPS) is 12.7. The largest absolute Gasteiger partial charge is 0.396 e. The SMILES string of the molecule is CC(CO)c1ccc(-n2cccn2)c(Br)c1. The van der Waals surface area contributed by atoms with Crippen LogP contribution in [-0.2, 0) is 0 Å². The van der Waals surface area contributed by atoms with Crippen molar-refractivity contribution >= 4 is 15.9 Å². The predicted octanol–water partition coefficient (Wildman–Crippen LogP) is 2.73. The first-order valence-electron chi connectivity index (χ1n) is 5.12. The lowest BCUT2D eigenvalue weighted by Gasteiger charge is -2.11. The highest BCUT2D eigenvalue weighted by Gasteiger charge is 2.08. The molecule has 2 aromatic rings. The molecule has 0 aliphatic carbocycles. The molecule has 1 heterocycles. The number of aromatic nitrogens is 2. The highest BCUT2D eigenvalue weighted by molar-refractivity contribution is 9.10. The minimum atomic E-state index is 0.156. The molecule has 84 valence electrons. The van der Waals surface area contributed by atoms with Crippen molar-refractivity contribution in [3.8, 4) is 5.69 Å². The van der Waals surface area contributed by atoms with Crippen molar-refractivity contribution in [3.63, 3.8) is 0 Å². The number of aliphatic hydroxyl groups excluding tert-OH is 1. The Morgan fingerprint density at radius 1 is 1.50 bits per heavy atom. The second kappa shape index (κ2) is 4.80. The van der Waals surface area contributed by atoms with Gasteiger partial charge in [-0.15, -0.1) is 0 Å². The zero-order valence-electron chi connectivity index (χ0n) is 8.97. The van der Waals surface area contributed by atoms with Gasteiger partial charge in [0.15, 0.2) is 0 Å². The quantitative estimate of drug-likeness (QED) is 0.939. The number of hydrogen-bond acceptors (Lipinski definition) is 2. The van der Waals surface area contributed by atoms with Crippen LogP contribution in [0.2, 0.25) is 0 Å². The van der Waals surface area contributed by atoms with Gasteiger partial charge >= 0.3 is 0 Å². The zero-order valence-corrected chi connectivity index (χ0v) is 10.6. The van der Waals surface area contributed by atoms with Crippen LogP contribution in [0.3, 0.4) is 0 Å². The first kappa shape index (κ1) is 11.4. The van der Waals surface area contributed by atoms with Crippen molar-refractivity contribution < 1.29 is 5.11 Å². The Labute approximate surface area is 103 Å². The highest BCUT2D eigenvalue weighted by Crippen LogP contribution is 2.25. The third-order valence-electron chi connectivity index (χ3n) is 2.57. The van der Waals surface area contributed by atoms with E-state index in [1.807, 2.05) is 37.4 Å². The fourth-order valence-corrected chi connectivity index (χ4v) is 2.11. The molecule has 1 aromatic heterocycles. The molecule has 0 fully saturated rings. The average molecular weight is 281 g/mol. The van der Waals surface area contributed by atoms with Gasteiger partial charge < -0.3 is 5.11 Å². The second-order valence-corrected chi connectivity index (χ2v) is 4.60. The van der Waals surface area contributed by atoms with E-state index in [2.05, 4.69) is 21.0 Å². The van der Waals surface area contributed by atoms with Crippen molar-refractivity contribution in [2.75, 3.05) is 6.61 Å². The van der Waals surface area contributed by atoms with E-state index in [1.54, 1.807) is 10.9 Å². The molecule has 0 bridgehead atoms. The van der Waals surface area contributed by atoms with E-state index in [9.17, 15) is 0 Å². The maximum Gasteiger partial charge on any atom is 0.0787 e. The van der Waals surface area contributed by atoms with Gasteiger partial charge in [0.05, 0.1) is 5.69 Å². The molecule has 4 heteroatoms. The van der Waals surface area contributed by atoms with Crippen molar-refractivity contribution in [1.82, 2.24) is 9.78 Å². The number of aliphatic hydroxyl groups is 1. The van der Waals surface area contributed by atoms with Crippen molar-refractivity contribution in [2.45, 2.75) is 12.8 Å². The van der Waals surface area contributed by atoms with Gasteiger partial charge in [-0.25, -0.2) is 4.68 Å². The monoisotopic (exact) mass is 280 g/mol. The van der Waals surface area contributed by atoms with Crippen molar-refractivity contribution in [2.24, 2.45) is 0 Å². The van der Waals surface area contributed by atoms with Gasteiger partial charge in [-0.3, -0.25) is 0 Å². The summed E-state index contributed by atoms with van der Waals surface area (Å²) >= 11 is 3.52. The number of nitrogens with zero attached hydrogens (tertiary/aromatic N) is 2. The van der Waals surface area contributed by atoms with Crippen molar-refractivity contribution in [3.05, 3.63) is 46.7 Å². The molecule has 0 aliphatic rings. The van der Waals surface area contributed by atoms with Crippen LogP contribution >= 0.6 is 15.9 Å². The molecule has 0 radical (unpaired) electrons. The topological polar surface area (TPSA) is 38.0 Å². The number of benzene rings is 1. The first-order valence-corrected chi connectivity index (χ1v) is 5.92. The molecule has 0 amide bonds. The Morgan fingerprint density at radius 2 is 2.31 bits per heavy atom. The van der Waals surface area contributed by atoms with Crippen LogP contribution in [0.1, 0.15) is 18.4 Å². The number of halogens is 1. The fourth-order valence-electron chi connectivity index (χ4n) is 1.53. The summed E-state index contributed by atoms with van der Waals surface area (Å²) in [6, 6.07) is 7.93. The number of hydrogen-bond donors (Lipinski definition) is 1. The molecule has 1 atom stereocenters. The van der Waals surface area contributed by atoms with Gasteiger partial charge in [0.25, 0.3) is 0 Å². The number of rotatable bonds is 3. The molecule has 0 aliphatic heterocycles. The van der Waals surface area contributed by atoms with Gasteiger partial charge in [-0.1, -0.05) is 13.0 Å². The maximum atomic E-state index is 9.10. The highest BCUT2D eigenvalue weighted by atomic mass is 79.9. The molecule has 0 saturated carbocycles. The zero-order chi connectivity index (χ0) is 11.5. The summed E-state index contributed by atoms with van der Waals surface area (Å²) in [5.41, 5.74) is 2.11. The molecule has 2 rings (SSSR count). The molecule has 0 spiro atoms. The first-order chi connectivity index (χ1) is 7.72. The predicted molar refractivity (Wildman–Crippen MR) is 66.8 cm³/mol. The fraction of sp³-hybridized carbons (Fsp3) is 0.250. The summed E-state index contributed by atoms with van der Waals surface area (Å²) in [6.45, 7) is 2.16. The van der Waals surface area contributed by atoms with E-state index in [4.69, 9.17) is 5.11 Å². The Kier molecular flexibility index (Phi) is 3.41. The summed E-state index contributed by atoms with van der Waals surface area (Å²) in [5, 5.41) is 13.3. The molecular weight excluding hydrogens is 268 g/mol. The van der Waals surface area contributed by atoms with E-state index in [1.165, 1.54) is 0 Å². The third-order valence-corrected chi connectivity index (χ3v) is 3.20. The Balaban J connectivity index is 2.37. The summed E-state index contributed by atoms with van der Waals surface area (Å²) in [5.74, 6) is 0.156. The molecule has 1 aromatic carbocycles. The Hall–Kier alpha value is -1.13. The van der Waals surface area contributed by atoms with Crippen LogP contribution in [-0.4, -0.2) is 21.5 Å². The van der Waals surface area contributed by atoms with E-state index < -0.39 is 0 Å². The minimum absolute atomic E-state index is 0.156. The smallest absolute Gasteiger partial charge is 0.0787 e. The lowest BCUT2D eigenvalue weighted by Crippen LogP contribution is -2.01.